The highest BCUT2D eigenvalue weighted by Gasteiger charge is 2.24. The second-order valence-electron chi connectivity index (χ2n) is 5.23. The molecular weight excluding hydrogens is 420 g/mol. The monoisotopic (exact) mass is 434 g/mol. The number of amides is 1. The first-order valence-electron chi connectivity index (χ1n) is 7.50. The predicted octanol–water partition coefficient (Wildman–Crippen LogP) is 4.06. The number of nitrogens with one attached hydrogen (secondary N) is 1. The molecule has 1 aliphatic rings. The van der Waals surface area contributed by atoms with Gasteiger partial charge in [-0.05, 0) is 59.8 Å². The lowest BCUT2D eigenvalue weighted by Crippen LogP contribution is -2.19. The molecule has 2 N–H and O–H groups in total. The van der Waals surface area contributed by atoms with Gasteiger partial charge in [-0.2, -0.15) is 0 Å². The van der Waals surface area contributed by atoms with Crippen LogP contribution in [0.15, 0.2) is 50.8 Å². The van der Waals surface area contributed by atoms with Gasteiger partial charge in [-0.25, -0.2) is 4.99 Å². The van der Waals surface area contributed by atoms with E-state index in [4.69, 9.17) is 9.47 Å². The summed E-state index contributed by atoms with van der Waals surface area (Å²) in [5.41, 5.74) is 1.42. The van der Waals surface area contributed by atoms with Crippen molar-refractivity contribution in [1.82, 2.24) is 5.32 Å². The summed E-state index contributed by atoms with van der Waals surface area (Å²) in [4.78, 5) is 17.1. The maximum Gasteiger partial charge on any atom is 0.264 e. The highest BCUT2D eigenvalue weighted by Crippen LogP contribution is 2.36. The third kappa shape index (κ3) is 4.03. The number of aliphatic imine (C=N–C) groups is 1. The van der Waals surface area contributed by atoms with E-state index in [9.17, 15) is 9.90 Å². The number of benzene rings is 2. The molecule has 0 saturated carbocycles. The molecule has 1 saturated heterocycles. The van der Waals surface area contributed by atoms with E-state index < -0.39 is 0 Å². The average molecular weight is 435 g/mol. The molecule has 0 atom stereocenters. The van der Waals surface area contributed by atoms with Gasteiger partial charge in [0.15, 0.2) is 16.7 Å². The Bertz CT molecular complexity index is 910. The maximum atomic E-state index is 12.2. The van der Waals surface area contributed by atoms with Crippen molar-refractivity contribution in [3.8, 4) is 17.2 Å². The van der Waals surface area contributed by atoms with Crippen molar-refractivity contribution in [2.45, 2.75) is 0 Å². The lowest BCUT2D eigenvalue weighted by Gasteiger charge is -2.06. The molecule has 0 unspecified atom stereocenters. The first-order chi connectivity index (χ1) is 12.5. The van der Waals surface area contributed by atoms with Crippen LogP contribution in [0.25, 0.3) is 6.08 Å². The number of methoxy groups -OCH3 is 2. The van der Waals surface area contributed by atoms with Crippen molar-refractivity contribution in [1.29, 1.82) is 0 Å². The van der Waals surface area contributed by atoms with Crippen LogP contribution < -0.4 is 14.8 Å². The lowest BCUT2D eigenvalue weighted by molar-refractivity contribution is -0.115. The van der Waals surface area contributed by atoms with Gasteiger partial charge in [-0.1, -0.05) is 15.9 Å². The minimum atomic E-state index is -0.235. The Morgan fingerprint density at radius 3 is 2.58 bits per heavy atom. The fraction of sp³-hybridized carbons (Fsp3) is 0.111. The Kier molecular flexibility index (Phi) is 5.53. The molecule has 1 aliphatic heterocycles. The summed E-state index contributed by atoms with van der Waals surface area (Å²) in [7, 11) is 3.07. The molecule has 8 heteroatoms. The molecule has 0 aliphatic carbocycles. The Balaban J connectivity index is 1.85. The number of carbonyl (C=O) groups is 1. The summed E-state index contributed by atoms with van der Waals surface area (Å²) in [6.07, 6.45) is 1.71. The molecule has 2 aromatic carbocycles. The number of halogens is 1. The molecule has 1 fully saturated rings. The predicted molar refractivity (Wildman–Crippen MR) is 106 cm³/mol. The second-order valence-corrected chi connectivity index (χ2v) is 7.11. The van der Waals surface area contributed by atoms with Gasteiger partial charge in [-0.15, -0.1) is 0 Å². The van der Waals surface area contributed by atoms with Gasteiger partial charge >= 0.3 is 0 Å². The number of hydrogen-bond donors (Lipinski definition) is 2. The Hall–Kier alpha value is -2.45. The van der Waals surface area contributed by atoms with Crippen LogP contribution in [0.2, 0.25) is 0 Å². The topological polar surface area (TPSA) is 80.2 Å². The van der Waals surface area contributed by atoms with Gasteiger partial charge in [0.2, 0.25) is 0 Å². The fourth-order valence-corrected chi connectivity index (χ4v) is 3.51. The molecule has 6 nitrogen and oxygen atoms in total. The van der Waals surface area contributed by atoms with Crippen LogP contribution in [0, 0.1) is 0 Å². The largest absolute Gasteiger partial charge is 0.504 e. The molecular formula is C18H15BrN2O4S. The number of amidine groups is 1. The fourth-order valence-electron chi connectivity index (χ4n) is 2.23. The summed E-state index contributed by atoms with van der Waals surface area (Å²) < 4.78 is 10.9. The average Bonchev–Trinajstić information content (AvgIpc) is 2.97. The van der Waals surface area contributed by atoms with Gasteiger partial charge < -0.3 is 19.9 Å². The van der Waals surface area contributed by atoms with Gasteiger partial charge in [0.1, 0.15) is 5.75 Å². The van der Waals surface area contributed by atoms with E-state index in [1.807, 2.05) is 12.1 Å². The molecule has 0 aromatic heterocycles. The quantitative estimate of drug-likeness (QED) is 0.709. The van der Waals surface area contributed by atoms with E-state index in [1.165, 1.54) is 24.9 Å². The Morgan fingerprint density at radius 2 is 1.92 bits per heavy atom. The van der Waals surface area contributed by atoms with E-state index in [-0.39, 0.29) is 11.7 Å². The van der Waals surface area contributed by atoms with Crippen molar-refractivity contribution in [2.75, 3.05) is 14.2 Å². The Labute approximate surface area is 163 Å². The molecule has 1 amide bonds. The van der Waals surface area contributed by atoms with Crippen molar-refractivity contribution in [3.05, 3.63) is 51.3 Å². The van der Waals surface area contributed by atoms with Crippen molar-refractivity contribution >= 4 is 50.5 Å². The van der Waals surface area contributed by atoms with Crippen LogP contribution >= 0.6 is 27.7 Å². The number of nitrogens with zero attached hydrogens (tertiary/aromatic N) is 1. The third-order valence-corrected chi connectivity index (χ3v) is 5.14. The van der Waals surface area contributed by atoms with E-state index in [0.717, 1.165) is 5.75 Å². The van der Waals surface area contributed by atoms with Crippen molar-refractivity contribution in [2.24, 2.45) is 4.99 Å². The first kappa shape index (κ1) is 18.3. The van der Waals surface area contributed by atoms with Crippen molar-refractivity contribution < 1.29 is 19.4 Å². The first-order valence-corrected chi connectivity index (χ1v) is 9.11. The van der Waals surface area contributed by atoms with Gasteiger partial charge in [0.05, 0.1) is 24.8 Å². The molecule has 2 aromatic rings. The van der Waals surface area contributed by atoms with Gasteiger partial charge in [-0.3, -0.25) is 4.79 Å². The highest BCUT2D eigenvalue weighted by molar-refractivity contribution is 9.10. The van der Waals surface area contributed by atoms with Crippen LogP contribution in [-0.4, -0.2) is 30.4 Å². The third-order valence-electron chi connectivity index (χ3n) is 3.54. The van der Waals surface area contributed by atoms with Crippen LogP contribution in [0.1, 0.15) is 5.56 Å². The molecule has 134 valence electrons. The van der Waals surface area contributed by atoms with E-state index >= 15 is 0 Å². The zero-order chi connectivity index (χ0) is 18.7. The standard InChI is InChI=1S/C18H15BrN2O4S/c1-24-12-5-3-11(4-6-12)20-18-21-17(23)16(26-18)8-10-7-15(25-2)14(22)9-13(10)19/h3-9,22H,1-2H3,(H,20,21,23)/b16-8-. The number of ether oxygens (including phenoxy) is 2. The van der Waals surface area contributed by atoms with E-state index in [0.29, 0.717) is 31.5 Å². The van der Waals surface area contributed by atoms with E-state index in [2.05, 4.69) is 26.2 Å². The number of phenolic OH excluding ortho intramolecular Hbond substituents is 1. The lowest BCUT2D eigenvalue weighted by atomic mass is 10.2. The molecule has 26 heavy (non-hydrogen) atoms. The number of rotatable bonds is 4. The number of hydrogen-bond acceptors (Lipinski definition) is 6. The molecule has 3 rings (SSSR count). The van der Waals surface area contributed by atoms with E-state index in [1.54, 1.807) is 31.4 Å². The Morgan fingerprint density at radius 1 is 1.19 bits per heavy atom. The molecule has 0 bridgehead atoms. The zero-order valence-corrected chi connectivity index (χ0v) is 16.3. The SMILES string of the molecule is COc1ccc(N=C2NC(=O)/C(=C/c3cc(OC)c(O)cc3Br)S2)cc1. The highest BCUT2D eigenvalue weighted by atomic mass is 79.9. The summed E-state index contributed by atoms with van der Waals surface area (Å²) in [5, 5.41) is 13.0. The van der Waals surface area contributed by atoms with Crippen molar-refractivity contribution in [3.63, 3.8) is 0 Å². The molecule has 1 heterocycles. The van der Waals surface area contributed by atoms with Crippen LogP contribution in [0.4, 0.5) is 5.69 Å². The van der Waals surface area contributed by atoms with Gasteiger partial charge in [0, 0.05) is 4.47 Å². The summed E-state index contributed by atoms with van der Waals surface area (Å²) in [5.74, 6) is 0.854. The number of carbonyl (C=O) groups excluding carboxylic acids is 1. The van der Waals surface area contributed by atoms with Gasteiger partial charge in [0.25, 0.3) is 5.91 Å². The zero-order valence-electron chi connectivity index (χ0n) is 13.9. The minimum Gasteiger partial charge on any atom is -0.504 e. The van der Waals surface area contributed by atoms with Crippen LogP contribution in [-0.2, 0) is 4.79 Å². The molecule has 0 spiro atoms. The smallest absolute Gasteiger partial charge is 0.264 e. The normalized spacial score (nSPS) is 16.8. The molecule has 0 radical (unpaired) electrons. The minimum absolute atomic E-state index is 0.0202. The number of phenols is 1. The van der Waals surface area contributed by atoms with Crippen LogP contribution in [0.3, 0.4) is 0 Å². The summed E-state index contributed by atoms with van der Waals surface area (Å²) >= 11 is 4.62. The number of aromatic hydroxyl groups is 1. The maximum absolute atomic E-state index is 12.2. The summed E-state index contributed by atoms with van der Waals surface area (Å²) in [6, 6.07) is 10.4. The van der Waals surface area contributed by atoms with Crippen LogP contribution in [0.5, 0.6) is 17.2 Å². The number of thioether (sulfide) groups is 1. The summed E-state index contributed by atoms with van der Waals surface area (Å²) in [6.45, 7) is 0. The second kappa shape index (κ2) is 7.84.